The van der Waals surface area contributed by atoms with Crippen LogP contribution in [0.25, 0.3) is 17.0 Å². The molecule has 7 heteroatoms. The highest BCUT2D eigenvalue weighted by Crippen LogP contribution is 2.30. The van der Waals surface area contributed by atoms with Crippen LogP contribution < -0.4 is 10.4 Å². The predicted octanol–water partition coefficient (Wildman–Crippen LogP) is 2.97. The van der Waals surface area contributed by atoms with Gasteiger partial charge in [0.25, 0.3) is 11.8 Å². The molecule has 3 aromatic rings. The van der Waals surface area contributed by atoms with E-state index in [1.165, 1.54) is 5.01 Å². The van der Waals surface area contributed by atoms with Crippen LogP contribution in [0, 0.1) is 6.92 Å². The first-order valence-electron chi connectivity index (χ1n) is 9.67. The van der Waals surface area contributed by atoms with Crippen molar-refractivity contribution in [3.63, 3.8) is 0 Å². The highest BCUT2D eigenvalue weighted by Gasteiger charge is 2.34. The Morgan fingerprint density at radius 2 is 1.77 bits per heavy atom. The van der Waals surface area contributed by atoms with E-state index in [1.807, 2.05) is 41.8 Å². The summed E-state index contributed by atoms with van der Waals surface area (Å²) in [5, 5.41) is 2.09. The van der Waals surface area contributed by atoms with Crippen molar-refractivity contribution in [2.24, 2.45) is 0 Å². The smallest absolute Gasteiger partial charge is 0.325 e. The number of para-hydroxylation sites is 2. The lowest BCUT2D eigenvalue weighted by Gasteiger charge is -2.13. The average Bonchev–Trinajstić information content (AvgIpc) is 3.18. The van der Waals surface area contributed by atoms with Crippen LogP contribution in [0.5, 0.6) is 0 Å². The third kappa shape index (κ3) is 3.34. The van der Waals surface area contributed by atoms with Crippen molar-refractivity contribution in [1.82, 2.24) is 9.99 Å². The Balaban J connectivity index is 1.77. The fraction of sp³-hybridized carbons (Fsp3) is 0.174. The maximum absolute atomic E-state index is 12.9. The normalized spacial score (nSPS) is 15.1. The van der Waals surface area contributed by atoms with Crippen molar-refractivity contribution in [3.05, 3.63) is 71.4 Å². The summed E-state index contributed by atoms with van der Waals surface area (Å²) in [7, 11) is 0. The minimum atomic E-state index is -0.467. The van der Waals surface area contributed by atoms with E-state index in [-0.39, 0.29) is 18.1 Å². The molecular formula is C23H21N3O4. The number of rotatable bonds is 5. The molecule has 0 unspecified atom stereocenters. The Bertz CT molecular complexity index is 1180. The molecule has 1 aliphatic heterocycles. The number of nitrogens with one attached hydrogen (secondary N) is 1. The zero-order valence-corrected chi connectivity index (χ0v) is 16.7. The van der Waals surface area contributed by atoms with E-state index in [2.05, 4.69) is 5.43 Å². The van der Waals surface area contributed by atoms with E-state index in [0.717, 1.165) is 22.2 Å². The number of hydrazine groups is 1. The van der Waals surface area contributed by atoms with Gasteiger partial charge in [-0.25, -0.2) is 5.01 Å². The molecule has 0 radical (unpaired) electrons. The van der Waals surface area contributed by atoms with Crippen LogP contribution in [0.2, 0.25) is 0 Å². The van der Waals surface area contributed by atoms with E-state index in [0.29, 0.717) is 12.3 Å². The first-order valence-corrected chi connectivity index (χ1v) is 9.67. The Labute approximate surface area is 173 Å². The van der Waals surface area contributed by atoms with Gasteiger partial charge in [-0.05, 0) is 38.1 Å². The zero-order chi connectivity index (χ0) is 21.3. The number of benzene rings is 2. The van der Waals surface area contributed by atoms with Crippen LogP contribution >= 0.6 is 0 Å². The molecule has 2 amide bonds. The van der Waals surface area contributed by atoms with Gasteiger partial charge in [0.2, 0.25) is 0 Å². The molecule has 1 aromatic heterocycles. The summed E-state index contributed by atoms with van der Waals surface area (Å²) < 4.78 is 6.93. The highest BCUT2D eigenvalue weighted by atomic mass is 16.5. The molecule has 30 heavy (non-hydrogen) atoms. The second-order valence-electron chi connectivity index (χ2n) is 6.88. The minimum absolute atomic E-state index is 0.0426. The van der Waals surface area contributed by atoms with Crippen LogP contribution in [0.4, 0.5) is 5.69 Å². The van der Waals surface area contributed by atoms with E-state index in [4.69, 9.17) is 4.74 Å². The molecule has 2 heterocycles. The maximum Gasteiger partial charge on any atom is 0.325 e. The molecule has 1 saturated heterocycles. The number of esters is 1. The molecule has 1 N–H and O–H groups in total. The van der Waals surface area contributed by atoms with Crippen LogP contribution in [-0.4, -0.2) is 29.0 Å². The Kier molecular flexibility index (Phi) is 5.10. The van der Waals surface area contributed by atoms with Gasteiger partial charge in [-0.3, -0.25) is 19.8 Å². The van der Waals surface area contributed by atoms with Gasteiger partial charge in [0.05, 0.1) is 12.3 Å². The van der Waals surface area contributed by atoms with Crippen LogP contribution in [0.1, 0.15) is 18.2 Å². The van der Waals surface area contributed by atoms with Crippen LogP contribution in [-0.2, 0) is 25.7 Å². The lowest BCUT2D eigenvalue weighted by atomic mass is 10.1. The Morgan fingerprint density at radius 3 is 2.50 bits per heavy atom. The number of ether oxygens (including phenoxy) is 1. The van der Waals surface area contributed by atoms with Gasteiger partial charge in [-0.15, -0.1) is 0 Å². The molecule has 0 saturated carbocycles. The molecule has 1 aliphatic rings. The number of hydrogen-bond acceptors (Lipinski definition) is 4. The summed E-state index contributed by atoms with van der Waals surface area (Å²) in [6, 6.07) is 16.5. The van der Waals surface area contributed by atoms with Crippen molar-refractivity contribution < 1.29 is 19.1 Å². The van der Waals surface area contributed by atoms with Crippen LogP contribution in [0.3, 0.4) is 0 Å². The Morgan fingerprint density at radius 1 is 1.07 bits per heavy atom. The summed E-state index contributed by atoms with van der Waals surface area (Å²) in [4.78, 5) is 37.6. The number of nitrogens with zero attached hydrogens (tertiary/aromatic N) is 2. The number of amides is 2. The average molecular weight is 403 g/mol. The lowest BCUT2D eigenvalue weighted by molar-refractivity contribution is -0.143. The first kappa shape index (κ1) is 19.4. The van der Waals surface area contributed by atoms with Crippen molar-refractivity contribution in [3.8, 4) is 0 Å². The summed E-state index contributed by atoms with van der Waals surface area (Å²) in [5.74, 6) is -1.23. The monoisotopic (exact) mass is 403 g/mol. The van der Waals surface area contributed by atoms with Gasteiger partial charge < -0.3 is 9.30 Å². The van der Waals surface area contributed by atoms with Gasteiger partial charge in [0.15, 0.2) is 0 Å². The number of carbonyl (C=O) groups is 3. The lowest BCUT2D eigenvalue weighted by Crippen LogP contribution is -2.35. The summed E-state index contributed by atoms with van der Waals surface area (Å²) in [6.45, 7) is 3.98. The van der Waals surface area contributed by atoms with E-state index in [1.54, 1.807) is 37.3 Å². The quantitative estimate of drug-likeness (QED) is 0.404. The molecule has 0 atom stereocenters. The molecule has 7 nitrogen and oxygen atoms in total. The fourth-order valence-corrected chi connectivity index (χ4v) is 3.64. The molecule has 152 valence electrons. The molecule has 2 aromatic carbocycles. The maximum atomic E-state index is 12.9. The second-order valence-corrected chi connectivity index (χ2v) is 6.88. The van der Waals surface area contributed by atoms with Crippen molar-refractivity contribution >= 4 is 40.4 Å². The standard InChI is InChI=1S/C23H21N3O4/c1-3-30-21(27)14-25-15(2)18(17-11-7-8-12-20(17)25)13-19-22(28)24-26(23(19)29)16-9-5-4-6-10-16/h4-13H,3,14H2,1-2H3,(H,24,28)/b19-13-. The van der Waals surface area contributed by atoms with Crippen molar-refractivity contribution in [2.75, 3.05) is 11.6 Å². The van der Waals surface area contributed by atoms with Crippen molar-refractivity contribution in [2.45, 2.75) is 20.4 Å². The van der Waals surface area contributed by atoms with Crippen molar-refractivity contribution in [1.29, 1.82) is 0 Å². The molecule has 1 fully saturated rings. The van der Waals surface area contributed by atoms with E-state index < -0.39 is 11.8 Å². The number of hydrogen-bond donors (Lipinski definition) is 1. The third-order valence-electron chi connectivity index (χ3n) is 5.07. The molecule has 0 aliphatic carbocycles. The number of fused-ring (bicyclic) bond motifs is 1. The van der Waals surface area contributed by atoms with Gasteiger partial charge >= 0.3 is 5.97 Å². The summed E-state index contributed by atoms with van der Waals surface area (Å²) in [5.41, 5.74) is 5.57. The molecule has 0 spiro atoms. The SMILES string of the molecule is CCOC(=O)Cn1c(C)c(/C=C2/C(=O)NN(c3ccccc3)C2=O)c2ccccc21. The molecular weight excluding hydrogens is 382 g/mol. The van der Waals surface area contributed by atoms with Gasteiger partial charge in [0.1, 0.15) is 12.1 Å². The number of anilines is 1. The summed E-state index contributed by atoms with van der Waals surface area (Å²) >= 11 is 0. The van der Waals surface area contributed by atoms with Gasteiger partial charge in [-0.2, -0.15) is 0 Å². The van der Waals surface area contributed by atoms with Gasteiger partial charge in [-0.1, -0.05) is 36.4 Å². The summed E-state index contributed by atoms with van der Waals surface area (Å²) in [6.07, 6.45) is 1.60. The third-order valence-corrected chi connectivity index (χ3v) is 5.07. The zero-order valence-electron chi connectivity index (χ0n) is 16.7. The first-order chi connectivity index (χ1) is 14.5. The molecule has 0 bridgehead atoms. The predicted molar refractivity (Wildman–Crippen MR) is 113 cm³/mol. The van der Waals surface area contributed by atoms with E-state index >= 15 is 0 Å². The highest BCUT2D eigenvalue weighted by molar-refractivity contribution is 6.32. The van der Waals surface area contributed by atoms with Gasteiger partial charge in [0, 0.05) is 22.2 Å². The minimum Gasteiger partial charge on any atom is -0.465 e. The molecule has 4 rings (SSSR count). The largest absolute Gasteiger partial charge is 0.465 e. The van der Waals surface area contributed by atoms with E-state index in [9.17, 15) is 14.4 Å². The van der Waals surface area contributed by atoms with Crippen LogP contribution in [0.15, 0.2) is 60.2 Å². The number of carbonyl (C=O) groups excluding carboxylic acids is 3. The number of aromatic nitrogens is 1. The topological polar surface area (TPSA) is 80.6 Å². The Hall–Kier alpha value is -3.87. The fourth-order valence-electron chi connectivity index (χ4n) is 3.64. The second kappa shape index (κ2) is 7.87.